The topological polar surface area (TPSA) is 71.5 Å². The van der Waals surface area contributed by atoms with Gasteiger partial charge in [-0.3, -0.25) is 14.6 Å². The molecule has 1 aromatic carbocycles. The molecule has 2 aliphatic heterocycles. The minimum Gasteiger partial charge on any atom is -0.368 e. The van der Waals surface area contributed by atoms with Crippen molar-refractivity contribution in [1.82, 2.24) is 15.2 Å². The van der Waals surface area contributed by atoms with Crippen molar-refractivity contribution in [2.45, 2.75) is 50.3 Å². The van der Waals surface area contributed by atoms with E-state index < -0.39 is 0 Å². The lowest BCUT2D eigenvalue weighted by atomic mass is 9.94. The number of amides is 2. The van der Waals surface area contributed by atoms with Gasteiger partial charge in [0.1, 0.15) is 6.10 Å². The first-order valence-corrected chi connectivity index (χ1v) is 11.6. The van der Waals surface area contributed by atoms with Crippen molar-refractivity contribution in [3.63, 3.8) is 0 Å². The fourth-order valence-electron chi connectivity index (χ4n) is 4.22. The Morgan fingerprint density at radius 1 is 1.33 bits per heavy atom. The minimum absolute atomic E-state index is 0.0806. The Morgan fingerprint density at radius 3 is 2.93 bits per heavy atom. The molecular formula is C23H27N3O3S. The number of fused-ring (bicyclic) bond motifs is 1. The molecule has 1 fully saturated rings. The number of carbonyl (C=O) groups is 2. The van der Waals surface area contributed by atoms with Gasteiger partial charge in [-0.25, -0.2) is 0 Å². The monoisotopic (exact) mass is 425 g/mol. The molecule has 1 saturated heterocycles. The van der Waals surface area contributed by atoms with Gasteiger partial charge in [-0.05, 0) is 61.3 Å². The van der Waals surface area contributed by atoms with Crippen molar-refractivity contribution in [3.05, 3.63) is 58.4 Å². The fraction of sp³-hybridized carbons (Fsp3) is 0.435. The average Bonchev–Trinajstić information content (AvgIpc) is 3.32. The van der Waals surface area contributed by atoms with Crippen molar-refractivity contribution in [1.29, 1.82) is 0 Å². The van der Waals surface area contributed by atoms with Crippen LogP contribution in [0.1, 0.15) is 45.6 Å². The highest BCUT2D eigenvalue weighted by molar-refractivity contribution is 7.98. The molecule has 0 radical (unpaired) electrons. The molecule has 2 amide bonds. The van der Waals surface area contributed by atoms with Crippen LogP contribution >= 0.6 is 11.8 Å². The van der Waals surface area contributed by atoms with Crippen molar-refractivity contribution >= 4 is 23.6 Å². The summed E-state index contributed by atoms with van der Waals surface area (Å²) in [4.78, 5) is 32.9. The number of carbonyl (C=O) groups excluding carboxylic acids is 2. The molecule has 1 aromatic heterocycles. The van der Waals surface area contributed by atoms with Crippen LogP contribution in [-0.4, -0.2) is 47.2 Å². The zero-order chi connectivity index (χ0) is 21.1. The van der Waals surface area contributed by atoms with Crippen LogP contribution < -0.4 is 5.32 Å². The van der Waals surface area contributed by atoms with Gasteiger partial charge in [-0.1, -0.05) is 12.1 Å². The summed E-state index contributed by atoms with van der Waals surface area (Å²) in [6, 6.07) is 7.62. The minimum atomic E-state index is -0.291. The maximum absolute atomic E-state index is 12.8. The maximum atomic E-state index is 12.8. The Hall–Kier alpha value is -2.38. The van der Waals surface area contributed by atoms with Gasteiger partial charge in [0.25, 0.3) is 11.8 Å². The number of thioether (sulfide) groups is 1. The summed E-state index contributed by atoms with van der Waals surface area (Å²) < 4.78 is 5.57. The van der Waals surface area contributed by atoms with E-state index in [2.05, 4.69) is 10.3 Å². The number of nitrogens with one attached hydrogen (secondary N) is 1. The second-order valence-electron chi connectivity index (χ2n) is 7.72. The number of hydrogen-bond acceptors (Lipinski definition) is 5. The Labute approximate surface area is 181 Å². The number of aryl methyl sites for hydroxylation is 1. The van der Waals surface area contributed by atoms with Crippen molar-refractivity contribution < 1.29 is 14.3 Å². The highest BCUT2D eigenvalue weighted by Crippen LogP contribution is 2.26. The van der Waals surface area contributed by atoms with Crippen LogP contribution in [0.4, 0.5) is 0 Å². The molecule has 0 spiro atoms. The fourth-order valence-corrected chi connectivity index (χ4v) is 4.81. The first-order chi connectivity index (χ1) is 14.6. The van der Waals surface area contributed by atoms with Crippen molar-refractivity contribution in [3.8, 4) is 0 Å². The predicted molar refractivity (Wildman–Crippen MR) is 116 cm³/mol. The molecular weight excluding hydrogens is 398 g/mol. The van der Waals surface area contributed by atoms with Crippen LogP contribution in [0.5, 0.6) is 0 Å². The van der Waals surface area contributed by atoms with Gasteiger partial charge < -0.3 is 15.0 Å². The number of pyridine rings is 1. The normalized spacial score (nSPS) is 18.2. The molecule has 3 heterocycles. The lowest BCUT2D eigenvalue weighted by molar-refractivity contribution is -0.141. The van der Waals surface area contributed by atoms with E-state index in [-0.39, 0.29) is 17.9 Å². The third-order valence-electron chi connectivity index (χ3n) is 5.89. The first kappa shape index (κ1) is 20.9. The standard InChI is InChI=1S/C23H27N3O3S/c1-15-19(13-25-22(27)18-6-3-4-8-21(18)30-2)17-9-10-26(14-16(17)12-24-15)23(28)20-7-5-11-29-20/h3-4,6,8,12,20H,5,7,9-11,13-14H2,1-2H3,(H,25,27). The van der Waals surface area contributed by atoms with E-state index in [1.165, 1.54) is 5.56 Å². The Bertz CT molecular complexity index is 957. The van der Waals surface area contributed by atoms with Crippen molar-refractivity contribution in [2.75, 3.05) is 19.4 Å². The van der Waals surface area contributed by atoms with E-state index in [4.69, 9.17) is 4.74 Å². The summed E-state index contributed by atoms with van der Waals surface area (Å²) in [6.07, 6.45) is 6.07. The van der Waals surface area contributed by atoms with Crippen LogP contribution in [0.25, 0.3) is 0 Å². The van der Waals surface area contributed by atoms with E-state index >= 15 is 0 Å². The van der Waals surface area contributed by atoms with Gasteiger partial charge in [0.05, 0.1) is 5.56 Å². The van der Waals surface area contributed by atoms with E-state index in [0.29, 0.717) is 31.8 Å². The number of hydrogen-bond donors (Lipinski definition) is 1. The Balaban J connectivity index is 1.48. The molecule has 7 heteroatoms. The number of nitrogens with zero attached hydrogens (tertiary/aromatic N) is 2. The third kappa shape index (κ3) is 4.23. The summed E-state index contributed by atoms with van der Waals surface area (Å²) in [5, 5.41) is 3.07. The highest BCUT2D eigenvalue weighted by atomic mass is 32.2. The number of aromatic nitrogens is 1. The average molecular weight is 426 g/mol. The van der Waals surface area contributed by atoms with Gasteiger partial charge in [-0.15, -0.1) is 11.8 Å². The second-order valence-corrected chi connectivity index (χ2v) is 8.57. The number of benzene rings is 1. The Kier molecular flexibility index (Phi) is 6.39. The zero-order valence-electron chi connectivity index (χ0n) is 17.4. The molecule has 30 heavy (non-hydrogen) atoms. The second kappa shape index (κ2) is 9.18. The van der Waals surface area contributed by atoms with Gasteiger partial charge >= 0.3 is 0 Å². The molecule has 158 valence electrons. The third-order valence-corrected chi connectivity index (χ3v) is 6.69. The largest absolute Gasteiger partial charge is 0.368 e. The van der Waals surface area contributed by atoms with Gasteiger partial charge in [0.2, 0.25) is 0 Å². The van der Waals surface area contributed by atoms with Crippen LogP contribution in [0.2, 0.25) is 0 Å². The molecule has 0 saturated carbocycles. The van der Waals surface area contributed by atoms with Crippen LogP contribution in [0, 0.1) is 6.92 Å². The maximum Gasteiger partial charge on any atom is 0.252 e. The van der Waals surface area contributed by atoms with E-state index in [9.17, 15) is 9.59 Å². The number of rotatable bonds is 5. The first-order valence-electron chi connectivity index (χ1n) is 10.4. The van der Waals surface area contributed by atoms with Gasteiger partial charge in [-0.2, -0.15) is 0 Å². The van der Waals surface area contributed by atoms with Gasteiger partial charge in [0.15, 0.2) is 0 Å². The quantitative estimate of drug-likeness (QED) is 0.746. The molecule has 1 N–H and O–H groups in total. The Morgan fingerprint density at radius 2 is 2.17 bits per heavy atom. The molecule has 2 aromatic rings. The summed E-state index contributed by atoms with van der Waals surface area (Å²) in [5.41, 5.74) is 4.94. The van der Waals surface area contributed by atoms with Crippen LogP contribution in [0.3, 0.4) is 0 Å². The zero-order valence-corrected chi connectivity index (χ0v) is 18.3. The lowest BCUT2D eigenvalue weighted by Crippen LogP contribution is -2.42. The highest BCUT2D eigenvalue weighted by Gasteiger charge is 2.31. The molecule has 0 aliphatic carbocycles. The van der Waals surface area contributed by atoms with Crippen LogP contribution in [-0.2, 0) is 29.0 Å². The summed E-state index contributed by atoms with van der Waals surface area (Å²) in [7, 11) is 0. The summed E-state index contributed by atoms with van der Waals surface area (Å²) in [6.45, 7) is 4.30. The van der Waals surface area contributed by atoms with E-state index in [1.54, 1.807) is 11.8 Å². The van der Waals surface area contributed by atoms with E-state index in [1.807, 2.05) is 48.5 Å². The molecule has 1 atom stereocenters. The van der Waals surface area contributed by atoms with E-state index in [0.717, 1.165) is 41.0 Å². The number of ether oxygens (including phenoxy) is 1. The summed E-state index contributed by atoms with van der Waals surface area (Å²) >= 11 is 1.56. The predicted octanol–water partition coefficient (Wildman–Crippen LogP) is 3.11. The SMILES string of the molecule is CSc1ccccc1C(=O)NCc1c(C)ncc2c1CCN(C(=O)C1CCCO1)C2. The molecule has 4 rings (SSSR count). The summed E-state index contributed by atoms with van der Waals surface area (Å²) in [5.74, 6) is 0.00481. The van der Waals surface area contributed by atoms with Gasteiger partial charge in [0, 0.05) is 43.0 Å². The van der Waals surface area contributed by atoms with Crippen molar-refractivity contribution in [2.24, 2.45) is 0 Å². The lowest BCUT2D eigenvalue weighted by Gasteiger charge is -2.32. The molecule has 6 nitrogen and oxygen atoms in total. The molecule has 1 unspecified atom stereocenters. The smallest absolute Gasteiger partial charge is 0.252 e. The molecule has 2 aliphatic rings. The molecule has 0 bridgehead atoms. The van der Waals surface area contributed by atoms with Crippen LogP contribution in [0.15, 0.2) is 35.4 Å².